The molecule has 30 heteroatoms. The van der Waals surface area contributed by atoms with Gasteiger partial charge in [-0.25, -0.2) is 69.2 Å². The van der Waals surface area contributed by atoms with Crippen LogP contribution in [0.4, 0.5) is 27.7 Å². The van der Waals surface area contributed by atoms with Crippen LogP contribution in [-0.4, -0.2) is 183 Å². The average Bonchev–Trinajstić information content (AvgIpc) is 0.753. The maximum Gasteiger partial charge on any atom is 0.273 e. The van der Waals surface area contributed by atoms with Gasteiger partial charge in [-0.15, -0.1) is 0 Å². The molecule has 124 heavy (non-hydrogen) atoms. The van der Waals surface area contributed by atoms with E-state index in [4.69, 9.17) is 0 Å². The number of aryl methyl sites for hydroxylation is 3. The van der Waals surface area contributed by atoms with E-state index >= 15 is 0 Å². The van der Waals surface area contributed by atoms with Crippen molar-refractivity contribution in [1.82, 2.24) is 84.4 Å². The van der Waals surface area contributed by atoms with Crippen molar-refractivity contribution in [3.8, 4) is 45.6 Å². The number of rotatable bonds is 16. The van der Waals surface area contributed by atoms with Crippen LogP contribution in [0.2, 0.25) is 0 Å². The zero-order valence-electron chi connectivity index (χ0n) is 68.6. The van der Waals surface area contributed by atoms with Crippen molar-refractivity contribution in [2.75, 3.05) is 47.4 Å². The first-order valence-electron chi connectivity index (χ1n) is 42.2. The Balaban J connectivity index is 0.000000117. The van der Waals surface area contributed by atoms with Gasteiger partial charge in [-0.3, -0.25) is 19.2 Å². The Bertz CT molecular complexity index is 5560. The van der Waals surface area contributed by atoms with Crippen LogP contribution < -0.4 is 21.3 Å². The van der Waals surface area contributed by atoms with Gasteiger partial charge in [0.15, 0.2) is 23.3 Å². The number of pyridine rings is 5. The second-order valence-electron chi connectivity index (χ2n) is 33.2. The molecule has 0 spiro atoms. The lowest BCUT2D eigenvalue weighted by atomic mass is 9.76. The molecular formula is C94H92Br4FN21O4. The highest BCUT2D eigenvalue weighted by atomic mass is 79.9. The molecule has 17 heterocycles. The van der Waals surface area contributed by atoms with Crippen molar-refractivity contribution in [3.63, 3.8) is 0 Å². The number of fused-ring (bicyclic) bond motifs is 12. The fourth-order valence-electron chi connectivity index (χ4n) is 19.2. The smallest absolute Gasteiger partial charge is 0.273 e. The molecule has 0 radical (unpaired) electrons. The van der Waals surface area contributed by atoms with E-state index in [2.05, 4.69) is 160 Å². The van der Waals surface area contributed by atoms with Gasteiger partial charge in [0.25, 0.3) is 23.6 Å². The van der Waals surface area contributed by atoms with Crippen LogP contribution in [0.15, 0.2) is 232 Å². The summed E-state index contributed by atoms with van der Waals surface area (Å²) in [6.07, 6.45) is 33.1. The number of anilines is 4. The quantitative estimate of drug-likeness (QED) is 0.0699. The van der Waals surface area contributed by atoms with Crippen molar-refractivity contribution in [2.45, 2.75) is 146 Å². The Morgan fingerprint density at radius 1 is 0.339 bits per heavy atom. The second-order valence-corrected chi connectivity index (χ2v) is 36.8. The zero-order chi connectivity index (χ0) is 85.5. The summed E-state index contributed by atoms with van der Waals surface area (Å²) in [7, 11) is 0. The minimum atomic E-state index is -0.546. The minimum absolute atomic E-state index is 0.0212. The van der Waals surface area contributed by atoms with E-state index in [-0.39, 0.29) is 77.5 Å². The number of piperidine rings is 8. The maximum absolute atomic E-state index is 14.9. The highest BCUT2D eigenvalue weighted by Gasteiger charge is 2.48. The van der Waals surface area contributed by atoms with Gasteiger partial charge in [0, 0.05) is 165 Å². The minimum Gasteiger partial charge on any atom is -0.365 e. The van der Waals surface area contributed by atoms with E-state index in [1.807, 2.05) is 128 Å². The van der Waals surface area contributed by atoms with Gasteiger partial charge < -0.3 is 40.9 Å². The molecule has 9 aromatic heterocycles. The van der Waals surface area contributed by atoms with E-state index in [1.165, 1.54) is 18.9 Å². The monoisotopic (exact) mass is 1910 g/mol. The van der Waals surface area contributed by atoms with Crippen molar-refractivity contribution in [3.05, 3.63) is 277 Å². The van der Waals surface area contributed by atoms with E-state index in [0.717, 1.165) is 153 Å². The number of halogens is 5. The predicted molar refractivity (Wildman–Crippen MR) is 488 cm³/mol. The lowest BCUT2D eigenvalue weighted by molar-refractivity contribution is 0.0274. The number of hydrogen-bond acceptors (Lipinski definition) is 21. The lowest BCUT2D eigenvalue weighted by Gasteiger charge is -2.50. The number of aromatic nitrogens is 13. The lowest BCUT2D eigenvalue weighted by Crippen LogP contribution is -2.60. The number of carbonyl (C=O) groups is 4. The van der Waals surface area contributed by atoms with Gasteiger partial charge in [0.1, 0.15) is 34.8 Å². The van der Waals surface area contributed by atoms with Crippen molar-refractivity contribution < 1.29 is 23.6 Å². The molecule has 12 fully saturated rings. The summed E-state index contributed by atoms with van der Waals surface area (Å²) in [6.45, 7) is 8.95. The van der Waals surface area contributed by atoms with Crippen LogP contribution in [0.3, 0.4) is 0 Å². The van der Waals surface area contributed by atoms with Gasteiger partial charge in [-0.1, -0.05) is 41.5 Å². The predicted octanol–water partition coefficient (Wildman–Crippen LogP) is 18.1. The summed E-state index contributed by atoms with van der Waals surface area (Å²) in [5.74, 6) is 6.45. The molecule has 24 rings (SSSR count). The molecule has 12 aliphatic rings. The Labute approximate surface area is 752 Å². The fraction of sp³-hybridized carbons (Fsp3) is 0.330. The molecule has 12 aromatic rings. The van der Waals surface area contributed by atoms with E-state index in [0.29, 0.717) is 81.5 Å². The van der Waals surface area contributed by atoms with Crippen LogP contribution in [0, 0.1) is 50.3 Å². The first kappa shape index (κ1) is 84.9. The zero-order valence-corrected chi connectivity index (χ0v) is 74.9. The third kappa shape index (κ3) is 19.4. The van der Waals surface area contributed by atoms with Crippen LogP contribution in [0.25, 0.3) is 45.6 Å². The third-order valence-electron chi connectivity index (χ3n) is 24.9. The molecule has 12 unspecified atom stereocenters. The van der Waals surface area contributed by atoms with E-state index in [1.54, 1.807) is 111 Å². The summed E-state index contributed by atoms with van der Waals surface area (Å²) in [6, 6.07) is 44.0. The van der Waals surface area contributed by atoms with Crippen molar-refractivity contribution in [2.24, 2.45) is 23.7 Å². The molecule has 8 saturated heterocycles. The maximum atomic E-state index is 14.9. The molecule has 4 amide bonds. The number of carbonyl (C=O) groups excluding carboxylic acids is 4. The molecule has 8 aliphatic heterocycles. The molecule has 632 valence electrons. The van der Waals surface area contributed by atoms with Gasteiger partial charge in [0.2, 0.25) is 0 Å². The third-order valence-corrected chi connectivity index (χ3v) is 26.8. The topological polar surface area (TPSA) is 297 Å². The SMILES string of the molecule is Cc1ccc(-c2ncccn2)c(C(=O)N2CC3CCC2C(Nc2ccc(Br)cn2)C3)c1.Cc1ccc(-c2ncccn2)c(C(=O)N2CC3CCC2C(Nc2ccc(Br)cn2)C3)n1.Cc1ccc(C(=O)N2CC3CCC2C(Nc2ccc(Br)cn2)C3)c(-c2ncccn2)c1.O=C(c1c(F)cccc1-c1ncccn1)N1CC2CCC1C(Nc1ccc(Br)cn1)C2. The summed E-state index contributed by atoms with van der Waals surface area (Å²) < 4.78 is 18.7. The standard InChI is InChI=1S/2C24H24BrN5O.C23H21BrFN5O.C23H23BrN6O/c1-15-3-6-18(19(11-15)23-26-9-2-10-27-23)24(31)30-14-16-4-7-21(30)20(12-16)29-22-8-5-17(25)13-28-22;1-15-3-6-18(23-26-9-2-10-27-23)19(11-15)24(31)30-14-16-4-7-21(30)20(12-16)29-22-8-5-17(25)13-28-22;24-15-6-8-20(28-12-15)29-18-11-14-5-7-19(18)30(13-14)23(31)21-16(3-1-4-17(21)25)22-26-9-2-10-27-22;1-14-3-6-17(22-25-9-2-10-26-22)21(28-14)23(31)30-13-15-4-7-19(30)18(11-15)29-20-8-5-16(24)12-27-20/h2*2-3,5-6,8-11,13,16,20-21H,4,7,12,14H2,1H3,(H,28,29);1-4,6,8-10,12,14,18-19H,5,7,11,13H2,(H,28,29);2-3,5-6,8-10,12,15,18-19H,4,7,11,13H2,1H3,(H,27,29). The normalized spacial score (nSPS) is 22.4. The number of nitrogens with one attached hydrogen (secondary N) is 4. The molecular weight excluding hydrogens is 1830 g/mol. The van der Waals surface area contributed by atoms with E-state index in [9.17, 15) is 23.6 Å². The van der Waals surface area contributed by atoms with E-state index < -0.39 is 5.82 Å². The molecule has 25 nitrogen and oxygen atoms in total. The fourth-order valence-corrected chi connectivity index (χ4v) is 20.1. The van der Waals surface area contributed by atoms with Crippen molar-refractivity contribution >= 4 is 111 Å². The van der Waals surface area contributed by atoms with Gasteiger partial charge in [0.05, 0.1) is 46.4 Å². The molecule has 4 aliphatic carbocycles. The molecule has 3 aromatic carbocycles. The Morgan fingerprint density at radius 3 is 1.08 bits per heavy atom. The second kappa shape index (κ2) is 38.4. The first-order chi connectivity index (χ1) is 60.3. The highest BCUT2D eigenvalue weighted by molar-refractivity contribution is 9.11. The van der Waals surface area contributed by atoms with Crippen LogP contribution in [-0.2, 0) is 0 Å². The van der Waals surface area contributed by atoms with Gasteiger partial charge in [-0.2, -0.15) is 0 Å². The summed E-state index contributed by atoms with van der Waals surface area (Å²) in [5, 5.41) is 14.2. The van der Waals surface area contributed by atoms with Crippen LogP contribution in [0.1, 0.15) is 135 Å². The summed E-state index contributed by atoms with van der Waals surface area (Å²) >= 11 is 13.7. The Hall–Kier alpha value is -11.3. The van der Waals surface area contributed by atoms with Gasteiger partial charge >= 0.3 is 0 Å². The van der Waals surface area contributed by atoms with Crippen LogP contribution >= 0.6 is 63.7 Å². The summed E-state index contributed by atoms with van der Waals surface area (Å²) in [4.78, 5) is 120. The highest BCUT2D eigenvalue weighted by Crippen LogP contribution is 2.44. The molecule has 8 bridgehead atoms. The molecule has 4 saturated carbocycles. The number of benzene rings is 3. The van der Waals surface area contributed by atoms with Crippen LogP contribution in [0.5, 0.6) is 0 Å². The first-order valence-corrected chi connectivity index (χ1v) is 45.4. The largest absolute Gasteiger partial charge is 0.365 e. The Kier molecular flexibility index (Phi) is 26.3. The number of nitrogens with zero attached hydrogens (tertiary/aromatic N) is 17. The Morgan fingerprint density at radius 2 is 0.685 bits per heavy atom. The molecule has 12 atom stereocenters. The van der Waals surface area contributed by atoms with Gasteiger partial charge in [-0.05, 0) is 294 Å². The molecule has 4 N–H and O–H groups in total. The summed E-state index contributed by atoms with van der Waals surface area (Å²) in [5.41, 5.74) is 7.45. The van der Waals surface area contributed by atoms with Crippen molar-refractivity contribution in [1.29, 1.82) is 0 Å². The number of hydrogen-bond donors (Lipinski definition) is 4. The number of amides is 4. The average molecular weight is 1920 g/mol.